The number of nitrogens with zero attached hydrogens (tertiary/aromatic N) is 3. The molecule has 7 nitrogen and oxygen atoms in total. The first-order valence-corrected chi connectivity index (χ1v) is 10.4. The Morgan fingerprint density at radius 2 is 1.85 bits per heavy atom. The quantitative estimate of drug-likeness (QED) is 0.564. The fraction of sp³-hybridized carbons (Fsp3) is 0.650. The van der Waals surface area contributed by atoms with Gasteiger partial charge in [-0.05, 0) is 44.1 Å². The number of anilines is 1. The summed E-state index contributed by atoms with van der Waals surface area (Å²) >= 11 is 0. The predicted octanol–water partition coefficient (Wildman–Crippen LogP) is 5.24. The topological polar surface area (TPSA) is 107 Å². The molecule has 184 valence electrons. The summed E-state index contributed by atoms with van der Waals surface area (Å²) in [5.74, 6) is -2.50. The lowest BCUT2D eigenvalue weighted by atomic mass is 9.94. The van der Waals surface area contributed by atoms with Crippen LogP contribution in [0, 0.1) is 5.92 Å². The lowest BCUT2D eigenvalue weighted by Crippen LogP contribution is -2.42. The van der Waals surface area contributed by atoms with Gasteiger partial charge in [-0.2, -0.15) is 26.3 Å². The van der Waals surface area contributed by atoms with Crippen LogP contribution >= 0.6 is 0 Å². The first-order chi connectivity index (χ1) is 15.2. The summed E-state index contributed by atoms with van der Waals surface area (Å²) in [7, 11) is 0. The van der Waals surface area contributed by atoms with Gasteiger partial charge in [-0.25, -0.2) is 4.98 Å². The Kier molecular flexibility index (Phi) is 6.83. The lowest BCUT2D eigenvalue weighted by Gasteiger charge is -2.27. The van der Waals surface area contributed by atoms with Gasteiger partial charge in [0.1, 0.15) is 11.7 Å². The van der Waals surface area contributed by atoms with E-state index in [1.807, 2.05) is 13.8 Å². The van der Waals surface area contributed by atoms with Crippen LogP contribution in [-0.4, -0.2) is 32.6 Å². The number of hydrogen-bond acceptors (Lipinski definition) is 7. The van der Waals surface area contributed by atoms with Crippen molar-refractivity contribution < 1.29 is 40.6 Å². The molecule has 1 unspecified atom stereocenters. The van der Waals surface area contributed by atoms with Crippen LogP contribution in [0.5, 0.6) is 5.88 Å². The Bertz CT molecular complexity index is 976. The monoisotopic (exact) mass is 482 g/mol. The number of rotatable bonds is 2. The average Bonchev–Trinajstić information content (AvgIpc) is 3.16. The average molecular weight is 482 g/mol. The van der Waals surface area contributed by atoms with Gasteiger partial charge in [0.25, 0.3) is 11.8 Å². The molecular formula is C20H24F6N4O3. The van der Waals surface area contributed by atoms with Gasteiger partial charge in [0.2, 0.25) is 11.5 Å². The van der Waals surface area contributed by atoms with E-state index < -0.39 is 65.1 Å². The van der Waals surface area contributed by atoms with E-state index in [0.29, 0.717) is 25.3 Å². The molecule has 0 aromatic carbocycles. The normalized spacial score (nSPS) is 22.7. The van der Waals surface area contributed by atoms with Gasteiger partial charge in [-0.1, -0.05) is 20.3 Å². The molecule has 0 saturated heterocycles. The van der Waals surface area contributed by atoms with E-state index in [-0.39, 0.29) is 18.8 Å². The molecule has 0 spiro atoms. The molecule has 2 aromatic rings. The maximum Gasteiger partial charge on any atom is 0.426 e. The highest BCUT2D eigenvalue weighted by Gasteiger charge is 2.58. The van der Waals surface area contributed by atoms with Crippen molar-refractivity contribution in [2.45, 2.75) is 76.4 Å². The summed E-state index contributed by atoms with van der Waals surface area (Å²) in [6, 6.07) is 0.565. The lowest BCUT2D eigenvalue weighted by molar-refractivity contribution is -0.277. The van der Waals surface area contributed by atoms with E-state index in [0.717, 1.165) is 0 Å². The van der Waals surface area contributed by atoms with Gasteiger partial charge >= 0.3 is 12.4 Å². The molecular weight excluding hydrogens is 458 g/mol. The van der Waals surface area contributed by atoms with E-state index in [1.54, 1.807) is 0 Å². The Balaban J connectivity index is 2.17. The second-order valence-corrected chi connectivity index (χ2v) is 8.52. The van der Waals surface area contributed by atoms with Crippen molar-refractivity contribution in [3.63, 3.8) is 0 Å². The molecule has 2 atom stereocenters. The van der Waals surface area contributed by atoms with Crippen molar-refractivity contribution in [2.24, 2.45) is 5.92 Å². The van der Waals surface area contributed by atoms with Crippen LogP contribution in [0.3, 0.4) is 0 Å². The zero-order valence-electron chi connectivity index (χ0n) is 17.9. The molecule has 0 amide bonds. The predicted molar refractivity (Wildman–Crippen MR) is 104 cm³/mol. The molecule has 0 radical (unpaired) electrons. The van der Waals surface area contributed by atoms with E-state index in [1.165, 1.54) is 0 Å². The number of halogens is 6. The van der Waals surface area contributed by atoms with Gasteiger partial charge in [0.05, 0.1) is 5.69 Å². The molecule has 3 rings (SSSR count). The fourth-order valence-corrected chi connectivity index (χ4v) is 3.67. The molecule has 2 aromatic heterocycles. The smallest absolute Gasteiger partial charge is 0.426 e. The summed E-state index contributed by atoms with van der Waals surface area (Å²) in [4.78, 5) is 3.81. The van der Waals surface area contributed by atoms with Crippen molar-refractivity contribution in [2.75, 3.05) is 5.73 Å². The van der Waals surface area contributed by atoms with Crippen molar-refractivity contribution in [3.05, 3.63) is 17.5 Å². The standard InChI is InChI=1S/C20H24F6N4O3/c1-10(2)8-11-6-4-3-5-7-18(31,20(24,25)26)17-30-29-16(33-17)14-13(27)9-12(19(21,22)23)15(28-14)32-11/h9-11,31H,3-8,27H2,1-2H3/t11?,18-/m1/s1. The fourth-order valence-electron chi connectivity index (χ4n) is 3.67. The number of aromatic nitrogens is 3. The molecule has 1 aliphatic heterocycles. The minimum Gasteiger partial charge on any atom is -0.474 e. The molecule has 13 heteroatoms. The number of pyridine rings is 1. The van der Waals surface area contributed by atoms with E-state index >= 15 is 0 Å². The van der Waals surface area contributed by atoms with Crippen LogP contribution in [0.2, 0.25) is 0 Å². The number of hydrogen-bond donors (Lipinski definition) is 2. The van der Waals surface area contributed by atoms with E-state index in [9.17, 15) is 31.4 Å². The van der Waals surface area contributed by atoms with E-state index in [4.69, 9.17) is 14.9 Å². The molecule has 0 aliphatic carbocycles. The molecule has 3 N–H and O–H groups in total. The zero-order valence-corrected chi connectivity index (χ0v) is 17.9. The van der Waals surface area contributed by atoms with Crippen molar-refractivity contribution >= 4 is 5.69 Å². The number of alkyl halides is 6. The summed E-state index contributed by atoms with van der Waals surface area (Å²) in [6.45, 7) is 3.73. The van der Waals surface area contributed by atoms with Crippen LogP contribution in [0.25, 0.3) is 11.6 Å². The van der Waals surface area contributed by atoms with Crippen LogP contribution < -0.4 is 10.5 Å². The van der Waals surface area contributed by atoms with Crippen molar-refractivity contribution in [3.8, 4) is 17.5 Å². The Labute approximate surface area is 185 Å². The van der Waals surface area contributed by atoms with Crippen LogP contribution in [0.1, 0.15) is 63.8 Å². The highest BCUT2D eigenvalue weighted by atomic mass is 19.4. The zero-order chi connectivity index (χ0) is 24.6. The summed E-state index contributed by atoms with van der Waals surface area (Å²) in [5.41, 5.74) is 0.0447. The van der Waals surface area contributed by atoms with E-state index in [2.05, 4.69) is 15.2 Å². The van der Waals surface area contributed by atoms with Crippen molar-refractivity contribution in [1.29, 1.82) is 0 Å². The Morgan fingerprint density at radius 3 is 2.45 bits per heavy atom. The molecule has 1 aliphatic rings. The second-order valence-electron chi connectivity index (χ2n) is 8.52. The summed E-state index contributed by atoms with van der Waals surface area (Å²) in [6.07, 6.45) is -10.1. The largest absolute Gasteiger partial charge is 0.474 e. The maximum atomic E-state index is 13.7. The van der Waals surface area contributed by atoms with Gasteiger partial charge in [0, 0.05) is 0 Å². The number of nitrogen functional groups attached to an aromatic ring is 1. The summed E-state index contributed by atoms with van der Waals surface area (Å²) in [5, 5.41) is 17.1. The number of ether oxygens (including phenoxy) is 1. The highest BCUT2D eigenvalue weighted by molar-refractivity contribution is 5.68. The Hall–Kier alpha value is -2.57. The molecule has 33 heavy (non-hydrogen) atoms. The van der Waals surface area contributed by atoms with Gasteiger partial charge in [-0.15, -0.1) is 10.2 Å². The van der Waals surface area contributed by atoms with Crippen LogP contribution in [0.15, 0.2) is 10.5 Å². The number of fused-ring (bicyclic) bond motifs is 5. The second kappa shape index (κ2) is 8.99. The third-order valence-electron chi connectivity index (χ3n) is 5.35. The highest BCUT2D eigenvalue weighted by Crippen LogP contribution is 2.44. The van der Waals surface area contributed by atoms with Crippen LogP contribution in [-0.2, 0) is 11.8 Å². The molecule has 0 fully saturated rings. The van der Waals surface area contributed by atoms with Gasteiger partial charge < -0.3 is 20.0 Å². The maximum absolute atomic E-state index is 13.7. The minimum atomic E-state index is -5.12. The van der Waals surface area contributed by atoms with Crippen LogP contribution in [0.4, 0.5) is 32.0 Å². The first-order valence-electron chi connectivity index (χ1n) is 10.4. The van der Waals surface area contributed by atoms with Gasteiger partial charge in [0.15, 0.2) is 5.69 Å². The first kappa shape index (κ1) is 25.1. The van der Waals surface area contributed by atoms with Crippen molar-refractivity contribution in [1.82, 2.24) is 15.2 Å². The Morgan fingerprint density at radius 1 is 1.15 bits per heavy atom. The summed E-state index contributed by atoms with van der Waals surface area (Å²) < 4.78 is 92.7. The third-order valence-corrected chi connectivity index (χ3v) is 5.35. The minimum absolute atomic E-state index is 0.0401. The number of nitrogens with two attached hydrogens (primary N) is 1. The molecule has 3 heterocycles. The molecule has 0 saturated carbocycles. The third kappa shape index (κ3) is 5.33. The molecule has 4 bridgehead atoms. The van der Waals surface area contributed by atoms with Gasteiger partial charge in [-0.3, -0.25) is 0 Å². The SMILES string of the molecule is CC(C)CC1CCCCC[C@](O)(C(F)(F)F)c2nnc(o2)-c2nc(c(C(F)(F)F)cc2N)O1. The number of aliphatic hydroxyl groups is 1.